The minimum absolute atomic E-state index is 0.0706. The lowest BCUT2D eigenvalue weighted by molar-refractivity contribution is 0.0696. The molecule has 1 heterocycles. The van der Waals surface area contributed by atoms with Crippen molar-refractivity contribution in [3.63, 3.8) is 0 Å². The summed E-state index contributed by atoms with van der Waals surface area (Å²) in [5, 5.41) is 9.82. The van der Waals surface area contributed by atoms with Gasteiger partial charge in [0.05, 0.1) is 16.1 Å². The van der Waals surface area contributed by atoms with Crippen molar-refractivity contribution in [3.8, 4) is 5.75 Å². The molecule has 148 valence electrons. The Hall–Kier alpha value is -2.90. The van der Waals surface area contributed by atoms with E-state index in [1.54, 1.807) is 22.5 Å². The predicted molar refractivity (Wildman–Crippen MR) is 108 cm³/mol. The molecule has 29 heavy (non-hydrogen) atoms. The minimum atomic E-state index is -1.69. The molecule has 0 radical (unpaired) electrons. The normalized spacial score (nSPS) is 16.6. The van der Waals surface area contributed by atoms with Crippen LogP contribution in [0.25, 0.3) is 0 Å². The molecule has 0 saturated carbocycles. The van der Waals surface area contributed by atoms with Gasteiger partial charge in [-0.3, -0.25) is 4.31 Å². The molecule has 0 saturated heterocycles. The average Bonchev–Trinajstić information content (AvgIpc) is 2.73. The van der Waals surface area contributed by atoms with Gasteiger partial charge in [0.15, 0.2) is 11.0 Å². The van der Waals surface area contributed by atoms with Crippen molar-refractivity contribution >= 4 is 34.2 Å². The Morgan fingerprint density at radius 3 is 2.45 bits per heavy atom. The first kappa shape index (κ1) is 19.4. The first-order valence-corrected chi connectivity index (χ1v) is 10.1. The molecular formula is C21H15ClFNO4S. The number of halogens is 2. The minimum Gasteiger partial charge on any atom is -0.489 e. The van der Waals surface area contributed by atoms with Crippen LogP contribution in [0.1, 0.15) is 22.0 Å². The Kier molecular flexibility index (Phi) is 5.25. The van der Waals surface area contributed by atoms with Crippen LogP contribution in [0.3, 0.4) is 0 Å². The third-order valence-electron chi connectivity index (χ3n) is 4.57. The number of carboxylic acid groups (broad SMARTS) is 1. The molecule has 8 heteroatoms. The third-order valence-corrected chi connectivity index (χ3v) is 6.31. The fourth-order valence-electron chi connectivity index (χ4n) is 3.14. The SMILES string of the molecule is O=C(O)c1ccc2c(c1)OCC(c1ccc(Cl)cc1)N2S(=O)c1ccc(F)cc1. The molecule has 4 rings (SSSR count). The predicted octanol–water partition coefficient (Wildman–Crippen LogP) is 4.84. The zero-order valence-corrected chi connectivity index (χ0v) is 16.5. The van der Waals surface area contributed by atoms with E-state index in [4.69, 9.17) is 16.3 Å². The highest BCUT2D eigenvalue weighted by atomic mass is 35.5. The second-order valence-electron chi connectivity index (χ2n) is 6.39. The van der Waals surface area contributed by atoms with Crippen LogP contribution in [0, 0.1) is 5.82 Å². The highest BCUT2D eigenvalue weighted by Crippen LogP contribution is 2.42. The number of nitrogens with zero attached hydrogens (tertiary/aromatic N) is 1. The molecule has 1 aliphatic heterocycles. The van der Waals surface area contributed by atoms with Gasteiger partial charge in [-0.1, -0.05) is 23.7 Å². The molecule has 5 nitrogen and oxygen atoms in total. The maximum Gasteiger partial charge on any atom is 0.335 e. The number of benzene rings is 3. The molecule has 0 spiro atoms. The van der Waals surface area contributed by atoms with E-state index in [9.17, 15) is 18.5 Å². The smallest absolute Gasteiger partial charge is 0.335 e. The van der Waals surface area contributed by atoms with E-state index in [2.05, 4.69) is 0 Å². The van der Waals surface area contributed by atoms with Crippen molar-refractivity contribution in [3.05, 3.63) is 88.7 Å². The quantitative estimate of drug-likeness (QED) is 0.641. The molecule has 1 aliphatic rings. The summed E-state index contributed by atoms with van der Waals surface area (Å²) in [5.74, 6) is -1.18. The molecule has 0 aliphatic carbocycles. The molecule has 1 N–H and O–H groups in total. The molecule has 3 aromatic carbocycles. The van der Waals surface area contributed by atoms with Gasteiger partial charge >= 0.3 is 5.97 Å². The van der Waals surface area contributed by atoms with Crippen LogP contribution in [0.15, 0.2) is 71.6 Å². The monoisotopic (exact) mass is 431 g/mol. The molecule has 0 amide bonds. The van der Waals surface area contributed by atoms with E-state index in [-0.39, 0.29) is 12.2 Å². The molecule has 0 fully saturated rings. The van der Waals surface area contributed by atoms with Gasteiger partial charge < -0.3 is 9.84 Å². The Morgan fingerprint density at radius 1 is 1.10 bits per heavy atom. The van der Waals surface area contributed by atoms with Crippen LogP contribution in [0.4, 0.5) is 10.1 Å². The fourth-order valence-corrected chi connectivity index (χ4v) is 4.60. The van der Waals surface area contributed by atoms with E-state index < -0.39 is 28.8 Å². The molecule has 0 bridgehead atoms. The second-order valence-corrected chi connectivity index (χ2v) is 8.19. The second kappa shape index (κ2) is 7.85. The molecule has 0 aromatic heterocycles. The number of carboxylic acids is 1. The van der Waals surface area contributed by atoms with Crippen molar-refractivity contribution in [2.45, 2.75) is 10.9 Å². The average molecular weight is 432 g/mol. The first-order valence-electron chi connectivity index (χ1n) is 8.66. The van der Waals surface area contributed by atoms with Gasteiger partial charge in [0.2, 0.25) is 0 Å². The number of fused-ring (bicyclic) bond motifs is 1. The summed E-state index contributed by atoms with van der Waals surface area (Å²) in [6, 6.07) is 16.5. The number of ether oxygens (including phenoxy) is 1. The molecule has 3 aromatic rings. The molecule has 2 atom stereocenters. The van der Waals surface area contributed by atoms with Crippen molar-refractivity contribution in [2.75, 3.05) is 10.9 Å². The Morgan fingerprint density at radius 2 is 1.79 bits per heavy atom. The van der Waals surface area contributed by atoms with Crippen molar-refractivity contribution in [1.82, 2.24) is 0 Å². The van der Waals surface area contributed by atoms with Gasteiger partial charge in [0.1, 0.15) is 24.2 Å². The van der Waals surface area contributed by atoms with Gasteiger partial charge in [-0.05, 0) is 60.2 Å². The number of hydrogen-bond donors (Lipinski definition) is 1. The lowest BCUT2D eigenvalue weighted by Gasteiger charge is -2.37. The largest absolute Gasteiger partial charge is 0.489 e. The van der Waals surface area contributed by atoms with E-state index in [0.29, 0.717) is 21.4 Å². The maximum absolute atomic E-state index is 13.5. The number of hydrogen-bond acceptors (Lipinski definition) is 3. The van der Waals surface area contributed by atoms with Gasteiger partial charge in [-0.15, -0.1) is 0 Å². The lowest BCUT2D eigenvalue weighted by atomic mass is 10.0. The Bertz CT molecular complexity index is 1090. The first-order chi connectivity index (χ1) is 13.9. The summed E-state index contributed by atoms with van der Waals surface area (Å²) < 4.78 is 34.3. The van der Waals surface area contributed by atoms with E-state index in [0.717, 1.165) is 5.56 Å². The van der Waals surface area contributed by atoms with Crippen molar-refractivity contribution < 1.29 is 23.2 Å². The van der Waals surface area contributed by atoms with Crippen LogP contribution in [-0.4, -0.2) is 21.9 Å². The van der Waals surface area contributed by atoms with Crippen LogP contribution in [0.5, 0.6) is 5.75 Å². The van der Waals surface area contributed by atoms with Crippen molar-refractivity contribution in [2.24, 2.45) is 0 Å². The third kappa shape index (κ3) is 3.83. The van der Waals surface area contributed by atoms with Gasteiger partial charge in [-0.2, -0.15) is 0 Å². The summed E-state index contributed by atoms with van der Waals surface area (Å²) in [6.07, 6.45) is 0. The number of aromatic carboxylic acids is 1. The standard InChI is InChI=1S/C21H15ClFNO4S/c22-15-4-1-13(2-5-15)19-12-28-20-11-14(21(25)26)3-10-18(20)24(19)29(27)17-8-6-16(23)7-9-17/h1-11,19H,12H2,(H,25,26). The zero-order chi connectivity index (χ0) is 20.5. The summed E-state index contributed by atoms with van der Waals surface area (Å²) >= 11 is 5.99. The lowest BCUT2D eigenvalue weighted by Crippen LogP contribution is -2.38. The van der Waals surface area contributed by atoms with Crippen LogP contribution < -0.4 is 9.04 Å². The van der Waals surface area contributed by atoms with Crippen LogP contribution >= 0.6 is 11.6 Å². The van der Waals surface area contributed by atoms with Gasteiger partial charge in [-0.25, -0.2) is 13.4 Å². The van der Waals surface area contributed by atoms with E-state index >= 15 is 0 Å². The van der Waals surface area contributed by atoms with E-state index in [1.807, 2.05) is 12.1 Å². The van der Waals surface area contributed by atoms with Crippen LogP contribution in [-0.2, 0) is 11.0 Å². The number of anilines is 1. The molecular weight excluding hydrogens is 417 g/mol. The van der Waals surface area contributed by atoms with Gasteiger partial charge in [0.25, 0.3) is 0 Å². The maximum atomic E-state index is 13.5. The van der Waals surface area contributed by atoms with E-state index in [1.165, 1.54) is 36.4 Å². The summed E-state index contributed by atoms with van der Waals surface area (Å²) in [4.78, 5) is 11.7. The summed E-state index contributed by atoms with van der Waals surface area (Å²) in [7, 11) is -1.69. The van der Waals surface area contributed by atoms with Gasteiger partial charge in [0, 0.05) is 5.02 Å². The highest BCUT2D eigenvalue weighted by Gasteiger charge is 2.34. The van der Waals surface area contributed by atoms with Crippen LogP contribution in [0.2, 0.25) is 5.02 Å². The Balaban J connectivity index is 1.82. The van der Waals surface area contributed by atoms with Crippen molar-refractivity contribution in [1.29, 1.82) is 0 Å². The molecule has 2 unspecified atom stereocenters. The number of rotatable bonds is 4. The topological polar surface area (TPSA) is 66.8 Å². The highest BCUT2D eigenvalue weighted by molar-refractivity contribution is 7.86. The fraction of sp³-hybridized carbons (Fsp3) is 0.0952. The zero-order valence-electron chi connectivity index (χ0n) is 14.9. The summed E-state index contributed by atoms with van der Waals surface area (Å²) in [6.45, 7) is 0.157. The Labute approximate surface area is 173 Å². The summed E-state index contributed by atoms with van der Waals surface area (Å²) in [5.41, 5.74) is 1.39. The number of carbonyl (C=O) groups is 1.